The summed E-state index contributed by atoms with van der Waals surface area (Å²) >= 11 is 1.49. The number of nitrogens with one attached hydrogen (secondary N) is 2. The molecule has 0 aromatic heterocycles. The van der Waals surface area contributed by atoms with Crippen LogP contribution in [0.4, 0.5) is 4.79 Å². The molecule has 10 heteroatoms. The maximum Gasteiger partial charge on any atom is 0.348 e. The van der Waals surface area contributed by atoms with E-state index in [-0.39, 0.29) is 4.90 Å². The molecule has 4 N–H and O–H groups in total. The van der Waals surface area contributed by atoms with Gasteiger partial charge in [0.2, 0.25) is 0 Å². The molecule has 0 spiro atoms. The average molecular weight is 452 g/mol. The van der Waals surface area contributed by atoms with Gasteiger partial charge in [-0.15, -0.1) is 0 Å². The van der Waals surface area contributed by atoms with Crippen LogP contribution in [0.1, 0.15) is 20.8 Å². The number of sulfone groups is 1. The SMILES string of the molecule is CC(C)(C)NC(=O)NC(CS(=O)(=O)c1ccc(Sc2ccccc2)cc1)C(=O)ON. The molecule has 0 radical (unpaired) electrons. The molecular formula is C20H25N3O5S2. The van der Waals surface area contributed by atoms with Gasteiger partial charge in [0.25, 0.3) is 0 Å². The van der Waals surface area contributed by atoms with E-state index in [1.54, 1.807) is 32.9 Å². The van der Waals surface area contributed by atoms with E-state index in [0.29, 0.717) is 0 Å². The molecule has 162 valence electrons. The third kappa shape index (κ3) is 7.36. The van der Waals surface area contributed by atoms with Crippen molar-refractivity contribution in [2.45, 2.75) is 47.0 Å². The molecule has 0 saturated heterocycles. The minimum atomic E-state index is -3.90. The lowest BCUT2D eigenvalue weighted by Gasteiger charge is -2.23. The van der Waals surface area contributed by atoms with Crippen LogP contribution in [0.15, 0.2) is 69.3 Å². The first-order valence-electron chi connectivity index (χ1n) is 9.05. The Hall–Kier alpha value is -2.56. The lowest BCUT2D eigenvalue weighted by molar-refractivity contribution is -0.145. The zero-order valence-electron chi connectivity index (χ0n) is 16.9. The quantitative estimate of drug-likeness (QED) is 0.552. The fraction of sp³-hybridized carbons (Fsp3) is 0.300. The number of benzene rings is 2. The summed E-state index contributed by atoms with van der Waals surface area (Å²) in [5.74, 6) is 3.16. The smallest absolute Gasteiger partial charge is 0.348 e. The van der Waals surface area contributed by atoms with Crippen LogP contribution in [0.5, 0.6) is 0 Å². The molecule has 0 fully saturated rings. The van der Waals surface area contributed by atoms with E-state index in [1.807, 2.05) is 30.3 Å². The van der Waals surface area contributed by atoms with E-state index in [9.17, 15) is 18.0 Å². The fourth-order valence-electron chi connectivity index (χ4n) is 2.44. The van der Waals surface area contributed by atoms with Gasteiger partial charge in [0, 0.05) is 15.3 Å². The molecule has 0 bridgehead atoms. The molecule has 0 heterocycles. The zero-order valence-corrected chi connectivity index (χ0v) is 18.5. The second-order valence-electron chi connectivity index (χ2n) is 7.51. The van der Waals surface area contributed by atoms with Crippen LogP contribution in [0.2, 0.25) is 0 Å². The monoisotopic (exact) mass is 451 g/mol. The van der Waals surface area contributed by atoms with Crippen LogP contribution in [0.3, 0.4) is 0 Å². The van der Waals surface area contributed by atoms with Crippen LogP contribution < -0.4 is 16.5 Å². The van der Waals surface area contributed by atoms with Gasteiger partial charge >= 0.3 is 12.0 Å². The normalized spacial score (nSPS) is 12.7. The first-order chi connectivity index (χ1) is 14.0. The van der Waals surface area contributed by atoms with E-state index >= 15 is 0 Å². The Kier molecular flexibility index (Phi) is 7.88. The van der Waals surface area contributed by atoms with Gasteiger partial charge in [-0.05, 0) is 57.2 Å². The van der Waals surface area contributed by atoms with Gasteiger partial charge in [0.05, 0.1) is 10.6 Å². The molecule has 2 rings (SSSR count). The molecule has 0 aliphatic heterocycles. The largest absolute Gasteiger partial charge is 0.372 e. The first kappa shape index (κ1) is 23.7. The molecule has 0 saturated carbocycles. The third-order valence-corrected chi connectivity index (χ3v) is 6.52. The Bertz CT molecular complexity index is 972. The molecule has 2 aromatic carbocycles. The first-order valence-corrected chi connectivity index (χ1v) is 11.5. The maximum absolute atomic E-state index is 12.8. The minimum Gasteiger partial charge on any atom is -0.372 e. The molecule has 2 amide bonds. The highest BCUT2D eigenvalue weighted by Gasteiger charge is 2.30. The standard InChI is InChI=1S/C20H25N3O5S2/c1-20(2,3)23-19(25)22-17(18(24)28-21)13-30(26,27)16-11-9-15(10-12-16)29-14-7-5-4-6-8-14/h4-12,17H,13,21H2,1-3H3,(H2,22,23,25). The van der Waals surface area contributed by atoms with Crippen molar-refractivity contribution in [3.8, 4) is 0 Å². The lowest BCUT2D eigenvalue weighted by atomic mass is 10.1. The van der Waals surface area contributed by atoms with Gasteiger partial charge in [-0.25, -0.2) is 18.0 Å². The highest BCUT2D eigenvalue weighted by atomic mass is 32.2. The zero-order chi connectivity index (χ0) is 22.4. The molecule has 0 aliphatic carbocycles. The number of carbonyl (C=O) groups excluding carboxylic acids is 2. The van der Waals surface area contributed by atoms with Gasteiger partial charge in [-0.2, -0.15) is 5.90 Å². The number of amides is 2. The van der Waals surface area contributed by atoms with Crippen LogP contribution in [-0.2, 0) is 19.5 Å². The summed E-state index contributed by atoms with van der Waals surface area (Å²) in [6.45, 7) is 5.23. The average Bonchev–Trinajstić information content (AvgIpc) is 2.66. The fourth-order valence-corrected chi connectivity index (χ4v) is 4.68. The van der Waals surface area contributed by atoms with Crippen molar-refractivity contribution in [3.05, 3.63) is 54.6 Å². The van der Waals surface area contributed by atoms with Gasteiger partial charge < -0.3 is 15.5 Å². The Morgan fingerprint density at radius 3 is 2.13 bits per heavy atom. The minimum absolute atomic E-state index is 0.0211. The predicted molar refractivity (Wildman–Crippen MR) is 115 cm³/mol. The van der Waals surface area contributed by atoms with Crippen LogP contribution in [-0.4, -0.2) is 37.8 Å². The Morgan fingerprint density at radius 2 is 1.60 bits per heavy atom. The van der Waals surface area contributed by atoms with Crippen molar-refractivity contribution in [1.29, 1.82) is 0 Å². The van der Waals surface area contributed by atoms with Crippen LogP contribution in [0.25, 0.3) is 0 Å². The second-order valence-corrected chi connectivity index (χ2v) is 10.7. The number of hydrogen-bond acceptors (Lipinski definition) is 7. The summed E-state index contributed by atoms with van der Waals surface area (Å²) in [6.07, 6.45) is 0. The number of urea groups is 1. The van der Waals surface area contributed by atoms with Crippen molar-refractivity contribution in [1.82, 2.24) is 10.6 Å². The number of hydrogen-bond donors (Lipinski definition) is 3. The van der Waals surface area contributed by atoms with Crippen molar-refractivity contribution in [2.24, 2.45) is 5.90 Å². The van der Waals surface area contributed by atoms with E-state index in [1.165, 1.54) is 23.9 Å². The van der Waals surface area contributed by atoms with Crippen molar-refractivity contribution >= 4 is 33.6 Å². The summed E-state index contributed by atoms with van der Waals surface area (Å²) in [5.41, 5.74) is -0.577. The second kappa shape index (κ2) is 9.96. The summed E-state index contributed by atoms with van der Waals surface area (Å²) in [5, 5.41) is 4.89. The highest BCUT2D eigenvalue weighted by Crippen LogP contribution is 2.28. The molecule has 30 heavy (non-hydrogen) atoms. The van der Waals surface area contributed by atoms with Gasteiger partial charge in [-0.1, -0.05) is 30.0 Å². The topological polar surface area (TPSA) is 128 Å². The molecule has 2 aromatic rings. The molecule has 0 aliphatic rings. The lowest BCUT2D eigenvalue weighted by Crippen LogP contribution is -2.54. The summed E-state index contributed by atoms with van der Waals surface area (Å²) in [7, 11) is -3.90. The van der Waals surface area contributed by atoms with Crippen LogP contribution in [0, 0.1) is 0 Å². The molecular weight excluding hydrogens is 426 g/mol. The summed E-state index contributed by atoms with van der Waals surface area (Å²) < 4.78 is 25.5. The number of rotatable bonds is 7. The predicted octanol–water partition coefficient (Wildman–Crippen LogP) is 2.49. The van der Waals surface area contributed by atoms with Gasteiger partial charge in [0.15, 0.2) is 9.84 Å². The van der Waals surface area contributed by atoms with Crippen molar-refractivity contribution < 1.29 is 22.8 Å². The van der Waals surface area contributed by atoms with E-state index in [4.69, 9.17) is 5.90 Å². The highest BCUT2D eigenvalue weighted by molar-refractivity contribution is 7.99. The van der Waals surface area contributed by atoms with Crippen molar-refractivity contribution in [3.63, 3.8) is 0 Å². The Balaban J connectivity index is 2.13. The third-order valence-electron chi connectivity index (χ3n) is 3.74. The molecule has 1 unspecified atom stereocenters. The molecule has 1 atom stereocenters. The van der Waals surface area contributed by atoms with Gasteiger partial charge in [-0.3, -0.25) is 0 Å². The Labute approximate surface area is 180 Å². The summed E-state index contributed by atoms with van der Waals surface area (Å²) in [4.78, 5) is 30.0. The van der Waals surface area contributed by atoms with Crippen molar-refractivity contribution in [2.75, 3.05) is 5.75 Å². The van der Waals surface area contributed by atoms with Gasteiger partial charge in [0.1, 0.15) is 6.04 Å². The van der Waals surface area contributed by atoms with E-state index < -0.39 is 39.2 Å². The maximum atomic E-state index is 12.8. The number of nitrogens with two attached hydrogens (primary N) is 1. The van der Waals surface area contributed by atoms with Crippen LogP contribution >= 0.6 is 11.8 Å². The Morgan fingerprint density at radius 1 is 1.03 bits per heavy atom. The van der Waals surface area contributed by atoms with E-state index in [2.05, 4.69) is 15.5 Å². The number of carbonyl (C=O) groups is 2. The van der Waals surface area contributed by atoms with E-state index in [0.717, 1.165) is 9.79 Å². The summed E-state index contributed by atoms with van der Waals surface area (Å²) in [6, 6.07) is 13.8. The molecule has 8 nitrogen and oxygen atoms in total.